The fourth-order valence-corrected chi connectivity index (χ4v) is 2.68. The average molecular weight is 316 g/mol. The number of rotatable bonds is 6. The molecule has 0 aliphatic heterocycles. The van der Waals surface area contributed by atoms with Crippen molar-refractivity contribution in [3.05, 3.63) is 91.7 Å². The molecule has 0 N–H and O–H groups in total. The summed E-state index contributed by atoms with van der Waals surface area (Å²) in [6, 6.07) is 26.6. The Morgan fingerprint density at radius 1 is 0.750 bits per heavy atom. The molecule has 0 saturated carbocycles. The van der Waals surface area contributed by atoms with Crippen LogP contribution in [0.3, 0.4) is 0 Å². The highest BCUT2D eigenvalue weighted by atomic mass is 16.7. The van der Waals surface area contributed by atoms with Gasteiger partial charge in [-0.3, -0.25) is 0 Å². The predicted octanol–water partition coefficient (Wildman–Crippen LogP) is 5.91. The van der Waals surface area contributed by atoms with Crippen molar-refractivity contribution in [1.82, 2.24) is 0 Å². The first-order valence-corrected chi connectivity index (χ1v) is 7.96. The second kappa shape index (κ2) is 7.51. The molecule has 3 aromatic rings. The van der Waals surface area contributed by atoms with Gasteiger partial charge in [-0.1, -0.05) is 85.4 Å². The molecule has 0 fully saturated rings. The maximum Gasteiger partial charge on any atom is 0.237 e. The van der Waals surface area contributed by atoms with Crippen molar-refractivity contribution in [2.24, 2.45) is 0 Å². The third-order valence-electron chi connectivity index (χ3n) is 3.76. The third-order valence-corrected chi connectivity index (χ3v) is 3.76. The molecule has 0 aliphatic carbocycles. The molecule has 1 unspecified atom stereocenters. The van der Waals surface area contributed by atoms with Crippen LogP contribution in [-0.4, -0.2) is 6.29 Å². The van der Waals surface area contributed by atoms with Crippen LogP contribution in [0.2, 0.25) is 0 Å². The van der Waals surface area contributed by atoms with Gasteiger partial charge in [-0.15, -0.1) is 0 Å². The lowest BCUT2D eigenvalue weighted by atomic mass is 9.97. The van der Waals surface area contributed by atoms with E-state index in [1.54, 1.807) is 0 Å². The smallest absolute Gasteiger partial charge is 0.237 e. The van der Waals surface area contributed by atoms with Gasteiger partial charge in [-0.2, -0.15) is 0 Å². The normalized spacial score (nSPS) is 11.5. The van der Waals surface area contributed by atoms with Crippen LogP contribution < -0.4 is 4.74 Å². The molecule has 0 aliphatic rings. The molecule has 0 bridgehead atoms. The SMILES string of the molecule is C=COC(C)Oc1c(-c2ccccc2)cccc1-c1ccccc1. The van der Waals surface area contributed by atoms with Crippen molar-refractivity contribution < 1.29 is 9.47 Å². The molecule has 0 radical (unpaired) electrons. The summed E-state index contributed by atoms with van der Waals surface area (Å²) in [5, 5.41) is 0. The van der Waals surface area contributed by atoms with E-state index in [0.717, 1.165) is 28.0 Å². The molecule has 0 spiro atoms. The summed E-state index contributed by atoms with van der Waals surface area (Å²) in [6.45, 7) is 5.46. The fraction of sp³-hybridized carbons (Fsp3) is 0.0909. The zero-order valence-electron chi connectivity index (χ0n) is 13.7. The molecular weight excluding hydrogens is 296 g/mol. The molecule has 0 amide bonds. The Kier molecular flexibility index (Phi) is 4.97. The van der Waals surface area contributed by atoms with E-state index < -0.39 is 6.29 Å². The molecule has 24 heavy (non-hydrogen) atoms. The first-order valence-electron chi connectivity index (χ1n) is 7.96. The minimum Gasteiger partial charge on any atom is -0.463 e. The Bertz CT molecular complexity index is 737. The first-order chi connectivity index (χ1) is 11.8. The molecule has 2 nitrogen and oxygen atoms in total. The molecule has 3 aromatic carbocycles. The molecular formula is C22H20O2. The van der Waals surface area contributed by atoms with Gasteiger partial charge < -0.3 is 9.47 Å². The fourth-order valence-electron chi connectivity index (χ4n) is 2.68. The van der Waals surface area contributed by atoms with Crippen molar-refractivity contribution in [2.75, 3.05) is 0 Å². The summed E-state index contributed by atoms with van der Waals surface area (Å²) in [6.07, 6.45) is 0.979. The second-order valence-corrected chi connectivity index (χ2v) is 5.40. The third kappa shape index (κ3) is 3.49. The molecule has 120 valence electrons. The molecule has 0 aromatic heterocycles. The first kappa shape index (κ1) is 15.9. The minimum absolute atomic E-state index is 0.421. The Hall–Kier alpha value is -3.00. The second-order valence-electron chi connectivity index (χ2n) is 5.40. The molecule has 0 heterocycles. The van der Waals surface area contributed by atoms with Crippen molar-refractivity contribution in [2.45, 2.75) is 13.2 Å². The average Bonchev–Trinajstić information content (AvgIpc) is 2.63. The van der Waals surface area contributed by atoms with Crippen LogP contribution in [-0.2, 0) is 4.74 Å². The Balaban J connectivity index is 2.13. The molecule has 1 atom stereocenters. The van der Waals surface area contributed by atoms with Gasteiger partial charge in [0.2, 0.25) is 6.29 Å². The van der Waals surface area contributed by atoms with Crippen molar-refractivity contribution in [3.8, 4) is 28.0 Å². The van der Waals surface area contributed by atoms with E-state index in [0.29, 0.717) is 0 Å². The number of hydrogen-bond acceptors (Lipinski definition) is 2. The number of hydrogen-bond donors (Lipinski definition) is 0. The van der Waals surface area contributed by atoms with Crippen LogP contribution >= 0.6 is 0 Å². The van der Waals surface area contributed by atoms with E-state index in [1.807, 2.05) is 43.3 Å². The lowest BCUT2D eigenvalue weighted by molar-refractivity contribution is -0.0123. The van der Waals surface area contributed by atoms with Crippen molar-refractivity contribution >= 4 is 0 Å². The highest BCUT2D eigenvalue weighted by Crippen LogP contribution is 2.39. The van der Waals surface area contributed by atoms with E-state index in [9.17, 15) is 0 Å². The molecule has 0 saturated heterocycles. The maximum atomic E-state index is 6.13. The van der Waals surface area contributed by atoms with Crippen LogP contribution in [0, 0.1) is 0 Å². The molecule has 3 rings (SSSR count). The summed E-state index contributed by atoms with van der Waals surface area (Å²) in [5.41, 5.74) is 4.29. The van der Waals surface area contributed by atoms with E-state index in [1.165, 1.54) is 6.26 Å². The topological polar surface area (TPSA) is 18.5 Å². The van der Waals surface area contributed by atoms with E-state index in [2.05, 4.69) is 49.0 Å². The van der Waals surface area contributed by atoms with Gasteiger partial charge in [0.05, 0.1) is 6.26 Å². The standard InChI is InChI=1S/C22H20O2/c1-3-23-17(2)24-22-20(18-11-6-4-7-12-18)15-10-16-21(22)19-13-8-5-9-14-19/h3-17H,1H2,2H3. The lowest BCUT2D eigenvalue weighted by Crippen LogP contribution is -2.14. The van der Waals surface area contributed by atoms with Crippen LogP contribution in [0.25, 0.3) is 22.3 Å². The maximum absolute atomic E-state index is 6.13. The van der Waals surface area contributed by atoms with E-state index in [4.69, 9.17) is 9.47 Å². The predicted molar refractivity (Wildman–Crippen MR) is 98.7 cm³/mol. The van der Waals surface area contributed by atoms with Crippen LogP contribution in [0.4, 0.5) is 0 Å². The van der Waals surface area contributed by atoms with Gasteiger partial charge in [-0.05, 0) is 11.1 Å². The Morgan fingerprint density at radius 2 is 1.25 bits per heavy atom. The lowest BCUT2D eigenvalue weighted by Gasteiger charge is -2.20. The monoisotopic (exact) mass is 316 g/mol. The van der Waals surface area contributed by atoms with E-state index in [-0.39, 0.29) is 0 Å². The minimum atomic E-state index is -0.421. The zero-order valence-corrected chi connectivity index (χ0v) is 13.7. The van der Waals surface area contributed by atoms with Gasteiger partial charge in [0.25, 0.3) is 0 Å². The van der Waals surface area contributed by atoms with Crippen LogP contribution in [0.5, 0.6) is 5.75 Å². The summed E-state index contributed by atoms with van der Waals surface area (Å²) in [5.74, 6) is 0.809. The van der Waals surface area contributed by atoms with Gasteiger partial charge in [0, 0.05) is 18.1 Å². The molecule has 2 heteroatoms. The van der Waals surface area contributed by atoms with Gasteiger partial charge in [0.15, 0.2) is 0 Å². The van der Waals surface area contributed by atoms with Gasteiger partial charge in [-0.25, -0.2) is 0 Å². The quantitative estimate of drug-likeness (QED) is 0.416. The van der Waals surface area contributed by atoms with Gasteiger partial charge in [0.1, 0.15) is 5.75 Å². The van der Waals surface area contributed by atoms with Crippen LogP contribution in [0.1, 0.15) is 6.92 Å². The van der Waals surface area contributed by atoms with Crippen LogP contribution in [0.15, 0.2) is 91.7 Å². The number of ether oxygens (including phenoxy) is 2. The Labute approximate surface area is 143 Å². The van der Waals surface area contributed by atoms with Gasteiger partial charge >= 0.3 is 0 Å². The summed E-state index contributed by atoms with van der Waals surface area (Å²) >= 11 is 0. The zero-order chi connectivity index (χ0) is 16.8. The van der Waals surface area contributed by atoms with Crippen molar-refractivity contribution in [1.29, 1.82) is 0 Å². The Morgan fingerprint density at radius 3 is 1.71 bits per heavy atom. The highest BCUT2D eigenvalue weighted by molar-refractivity contribution is 5.82. The largest absolute Gasteiger partial charge is 0.463 e. The van der Waals surface area contributed by atoms with E-state index >= 15 is 0 Å². The number of para-hydroxylation sites is 1. The summed E-state index contributed by atoms with van der Waals surface area (Å²) in [4.78, 5) is 0. The summed E-state index contributed by atoms with van der Waals surface area (Å²) in [7, 11) is 0. The number of benzene rings is 3. The summed E-state index contributed by atoms with van der Waals surface area (Å²) < 4.78 is 11.5. The highest BCUT2D eigenvalue weighted by Gasteiger charge is 2.15. The van der Waals surface area contributed by atoms with Crippen molar-refractivity contribution in [3.63, 3.8) is 0 Å².